The molecular formula is C31H37ClN2O2. The standard InChI is InChI=1S/C31H37ClN2O2/c1-5-33-30(36)28(21-24-9-7-6-8-10-24)34(22-25-13-18-27(32)19-14-25)29(35)20-15-23-11-16-26(17-12-23)31(2,3)4/h6-14,16-19,28H,5,15,20-22H2,1-4H3,(H,33,36)/t28-/m1/s1. The molecule has 0 saturated carbocycles. The lowest BCUT2D eigenvalue weighted by Crippen LogP contribution is -2.50. The van der Waals surface area contributed by atoms with Gasteiger partial charge in [-0.05, 0) is 53.1 Å². The molecule has 0 bridgehead atoms. The van der Waals surface area contributed by atoms with Crippen LogP contribution in [-0.2, 0) is 34.4 Å². The zero-order chi connectivity index (χ0) is 26.1. The van der Waals surface area contributed by atoms with Gasteiger partial charge < -0.3 is 10.2 Å². The molecule has 3 aromatic carbocycles. The highest BCUT2D eigenvalue weighted by atomic mass is 35.5. The number of benzene rings is 3. The van der Waals surface area contributed by atoms with E-state index in [0.717, 1.165) is 16.7 Å². The van der Waals surface area contributed by atoms with Crippen molar-refractivity contribution >= 4 is 23.4 Å². The maximum absolute atomic E-state index is 13.7. The van der Waals surface area contributed by atoms with Gasteiger partial charge in [-0.3, -0.25) is 9.59 Å². The van der Waals surface area contributed by atoms with Crippen LogP contribution in [0.4, 0.5) is 0 Å². The smallest absolute Gasteiger partial charge is 0.243 e. The van der Waals surface area contributed by atoms with Crippen molar-refractivity contribution in [1.82, 2.24) is 10.2 Å². The minimum absolute atomic E-state index is 0.0444. The predicted molar refractivity (Wildman–Crippen MR) is 148 cm³/mol. The minimum atomic E-state index is -0.612. The largest absolute Gasteiger partial charge is 0.355 e. The summed E-state index contributed by atoms with van der Waals surface area (Å²) in [5.74, 6) is -0.185. The molecule has 0 aliphatic carbocycles. The summed E-state index contributed by atoms with van der Waals surface area (Å²) in [6, 6.07) is 25.2. The number of aryl methyl sites for hydroxylation is 1. The maximum Gasteiger partial charge on any atom is 0.243 e. The van der Waals surface area contributed by atoms with Gasteiger partial charge in [-0.15, -0.1) is 0 Å². The summed E-state index contributed by atoms with van der Waals surface area (Å²) in [5, 5.41) is 3.58. The Bertz CT molecular complexity index is 1120. The number of nitrogens with one attached hydrogen (secondary N) is 1. The third kappa shape index (κ3) is 7.96. The van der Waals surface area contributed by atoms with Gasteiger partial charge in [0.1, 0.15) is 6.04 Å². The molecular weight excluding hydrogens is 468 g/mol. The molecule has 3 aromatic rings. The molecule has 1 atom stereocenters. The predicted octanol–water partition coefficient (Wildman–Crippen LogP) is 6.35. The Morgan fingerprint density at radius 3 is 2.06 bits per heavy atom. The van der Waals surface area contributed by atoms with Crippen LogP contribution in [0.5, 0.6) is 0 Å². The number of amides is 2. The number of hydrogen-bond donors (Lipinski definition) is 1. The molecule has 0 saturated heterocycles. The van der Waals surface area contributed by atoms with Crippen LogP contribution in [0.1, 0.15) is 56.4 Å². The first-order valence-electron chi connectivity index (χ1n) is 12.6. The number of likely N-dealkylation sites (N-methyl/N-ethyl adjacent to an activating group) is 1. The van der Waals surface area contributed by atoms with Crippen molar-refractivity contribution in [2.45, 2.75) is 65.0 Å². The van der Waals surface area contributed by atoms with Crippen molar-refractivity contribution in [2.75, 3.05) is 6.54 Å². The normalized spacial score (nSPS) is 12.1. The van der Waals surface area contributed by atoms with Crippen molar-refractivity contribution in [2.24, 2.45) is 0 Å². The number of carbonyl (C=O) groups is 2. The van der Waals surface area contributed by atoms with Crippen LogP contribution in [0, 0.1) is 0 Å². The first-order chi connectivity index (χ1) is 17.2. The summed E-state index contributed by atoms with van der Waals surface area (Å²) in [6.45, 7) is 9.31. The Morgan fingerprint density at radius 2 is 1.47 bits per heavy atom. The zero-order valence-electron chi connectivity index (χ0n) is 21.8. The Morgan fingerprint density at radius 1 is 0.861 bits per heavy atom. The molecule has 0 unspecified atom stereocenters. The molecule has 1 N–H and O–H groups in total. The SMILES string of the molecule is CCNC(=O)[C@@H](Cc1ccccc1)N(Cc1ccc(Cl)cc1)C(=O)CCc1ccc(C(C)(C)C)cc1. The van der Waals surface area contributed by atoms with Crippen LogP contribution in [-0.4, -0.2) is 29.3 Å². The molecule has 190 valence electrons. The summed E-state index contributed by atoms with van der Waals surface area (Å²) < 4.78 is 0. The maximum atomic E-state index is 13.7. The molecule has 0 aliphatic rings. The second-order valence-corrected chi connectivity index (χ2v) is 10.6. The van der Waals surface area contributed by atoms with E-state index in [1.165, 1.54) is 5.56 Å². The van der Waals surface area contributed by atoms with E-state index in [1.54, 1.807) is 4.90 Å². The molecule has 36 heavy (non-hydrogen) atoms. The summed E-state index contributed by atoms with van der Waals surface area (Å²) >= 11 is 6.08. The fraction of sp³-hybridized carbons (Fsp3) is 0.355. The molecule has 0 aliphatic heterocycles. The quantitative estimate of drug-likeness (QED) is 0.350. The van der Waals surface area contributed by atoms with E-state index >= 15 is 0 Å². The Hall–Kier alpha value is -3.11. The zero-order valence-corrected chi connectivity index (χ0v) is 22.5. The Labute approximate surface area is 220 Å². The number of carbonyl (C=O) groups excluding carboxylic acids is 2. The third-order valence-electron chi connectivity index (χ3n) is 6.34. The van der Waals surface area contributed by atoms with Crippen LogP contribution in [0.2, 0.25) is 5.02 Å². The molecule has 3 rings (SSSR count). The van der Waals surface area contributed by atoms with Gasteiger partial charge in [0.2, 0.25) is 11.8 Å². The van der Waals surface area contributed by atoms with E-state index in [9.17, 15) is 9.59 Å². The Kier molecular flexibility index (Phi) is 9.72. The summed E-state index contributed by atoms with van der Waals surface area (Å²) in [6.07, 6.45) is 1.40. The second-order valence-electron chi connectivity index (χ2n) is 10.2. The van der Waals surface area contributed by atoms with E-state index in [-0.39, 0.29) is 17.2 Å². The van der Waals surface area contributed by atoms with Crippen LogP contribution in [0.3, 0.4) is 0 Å². The van der Waals surface area contributed by atoms with Crippen LogP contribution < -0.4 is 5.32 Å². The molecule has 0 spiro atoms. The van der Waals surface area contributed by atoms with Crippen molar-refractivity contribution < 1.29 is 9.59 Å². The van der Waals surface area contributed by atoms with E-state index in [1.807, 2.05) is 61.5 Å². The summed E-state index contributed by atoms with van der Waals surface area (Å²) in [7, 11) is 0. The first kappa shape index (κ1) is 27.5. The molecule has 0 heterocycles. The van der Waals surface area contributed by atoms with Gasteiger partial charge in [0.15, 0.2) is 0 Å². The summed E-state index contributed by atoms with van der Waals surface area (Å²) in [5.41, 5.74) is 4.41. The van der Waals surface area contributed by atoms with E-state index in [4.69, 9.17) is 11.6 Å². The average Bonchev–Trinajstić information content (AvgIpc) is 2.86. The minimum Gasteiger partial charge on any atom is -0.355 e. The van der Waals surface area contributed by atoms with Crippen molar-refractivity contribution in [1.29, 1.82) is 0 Å². The number of rotatable bonds is 10. The Balaban J connectivity index is 1.85. The lowest BCUT2D eigenvalue weighted by atomic mass is 9.86. The number of nitrogens with zero attached hydrogens (tertiary/aromatic N) is 1. The first-order valence-corrected chi connectivity index (χ1v) is 13.0. The molecule has 0 aromatic heterocycles. The fourth-order valence-corrected chi connectivity index (χ4v) is 4.32. The molecule has 2 amide bonds. The highest BCUT2D eigenvalue weighted by molar-refractivity contribution is 6.30. The van der Waals surface area contributed by atoms with Gasteiger partial charge in [-0.25, -0.2) is 0 Å². The number of halogens is 1. The monoisotopic (exact) mass is 504 g/mol. The van der Waals surface area contributed by atoms with Gasteiger partial charge in [-0.1, -0.05) is 99.1 Å². The molecule has 4 nitrogen and oxygen atoms in total. The molecule has 0 radical (unpaired) electrons. The second kappa shape index (κ2) is 12.7. The average molecular weight is 505 g/mol. The van der Waals surface area contributed by atoms with Gasteiger partial charge in [0.05, 0.1) is 0 Å². The van der Waals surface area contributed by atoms with E-state index in [0.29, 0.717) is 37.4 Å². The van der Waals surface area contributed by atoms with Crippen molar-refractivity contribution in [3.05, 3.63) is 106 Å². The highest BCUT2D eigenvalue weighted by Crippen LogP contribution is 2.23. The molecule has 5 heteroatoms. The van der Waals surface area contributed by atoms with E-state index < -0.39 is 6.04 Å². The van der Waals surface area contributed by atoms with Gasteiger partial charge in [0.25, 0.3) is 0 Å². The number of hydrogen-bond acceptors (Lipinski definition) is 2. The van der Waals surface area contributed by atoms with Crippen LogP contribution in [0.25, 0.3) is 0 Å². The highest BCUT2D eigenvalue weighted by Gasteiger charge is 2.30. The lowest BCUT2D eigenvalue weighted by molar-refractivity contribution is -0.141. The van der Waals surface area contributed by atoms with Crippen LogP contribution >= 0.6 is 11.6 Å². The van der Waals surface area contributed by atoms with Gasteiger partial charge in [0, 0.05) is 31.0 Å². The van der Waals surface area contributed by atoms with Crippen LogP contribution in [0.15, 0.2) is 78.9 Å². The van der Waals surface area contributed by atoms with Crippen molar-refractivity contribution in [3.63, 3.8) is 0 Å². The topological polar surface area (TPSA) is 49.4 Å². The van der Waals surface area contributed by atoms with Gasteiger partial charge in [-0.2, -0.15) is 0 Å². The molecule has 0 fully saturated rings. The van der Waals surface area contributed by atoms with Gasteiger partial charge >= 0.3 is 0 Å². The summed E-state index contributed by atoms with van der Waals surface area (Å²) in [4.78, 5) is 28.6. The fourth-order valence-electron chi connectivity index (χ4n) is 4.20. The van der Waals surface area contributed by atoms with Crippen molar-refractivity contribution in [3.8, 4) is 0 Å². The third-order valence-corrected chi connectivity index (χ3v) is 6.59. The van der Waals surface area contributed by atoms with E-state index in [2.05, 4.69) is 50.4 Å². The lowest BCUT2D eigenvalue weighted by Gasteiger charge is -2.31.